The first-order chi connectivity index (χ1) is 6.00. The van der Waals surface area contributed by atoms with Gasteiger partial charge < -0.3 is 5.11 Å². The summed E-state index contributed by atoms with van der Waals surface area (Å²) in [7, 11) is 0. The van der Waals surface area contributed by atoms with Crippen LogP contribution in [0.1, 0.15) is 12.6 Å². The van der Waals surface area contributed by atoms with E-state index in [4.69, 9.17) is 5.11 Å². The molecule has 0 unspecified atom stereocenters. The maximum absolute atomic E-state index is 12.9. The lowest BCUT2D eigenvalue weighted by Crippen LogP contribution is -2.28. The van der Waals surface area contributed by atoms with Gasteiger partial charge >= 0.3 is 11.9 Å². The van der Waals surface area contributed by atoms with Crippen LogP contribution in [0.25, 0.3) is 0 Å². The maximum Gasteiger partial charge on any atom is 0.385 e. The number of carboxylic acids is 1. The molecular weight excluding hydrogens is 184 g/mol. The number of rotatable bonds is 3. The second kappa shape index (κ2) is 3.08. The third-order valence-electron chi connectivity index (χ3n) is 1.51. The van der Waals surface area contributed by atoms with E-state index < -0.39 is 17.6 Å². The normalized spacial score (nSPS) is 11.6. The minimum atomic E-state index is -3.93. The third-order valence-corrected chi connectivity index (χ3v) is 1.51. The van der Waals surface area contributed by atoms with Gasteiger partial charge in [0.05, 0.1) is 6.20 Å². The van der Waals surface area contributed by atoms with Gasteiger partial charge in [-0.15, -0.1) is 5.10 Å². The van der Waals surface area contributed by atoms with Crippen LogP contribution in [-0.2, 0) is 17.3 Å². The molecule has 72 valence electrons. The van der Waals surface area contributed by atoms with Gasteiger partial charge in [0.15, 0.2) is 0 Å². The van der Waals surface area contributed by atoms with Gasteiger partial charge in [0.25, 0.3) is 0 Å². The Morgan fingerprint density at radius 1 is 1.77 bits per heavy atom. The minimum absolute atomic E-state index is 0.151. The molecule has 0 aromatic carbocycles. The molecule has 0 fully saturated rings. The highest BCUT2D eigenvalue weighted by molar-refractivity contribution is 5.76. The molecule has 0 amide bonds. The van der Waals surface area contributed by atoms with Gasteiger partial charge in [0.1, 0.15) is 5.69 Å². The van der Waals surface area contributed by atoms with Crippen molar-refractivity contribution in [3.8, 4) is 0 Å². The summed E-state index contributed by atoms with van der Waals surface area (Å²) in [5.41, 5.74) is -0.706. The molecular formula is C6H7F2N3O2. The Bertz CT molecular complexity index is 323. The van der Waals surface area contributed by atoms with Gasteiger partial charge in [0.2, 0.25) is 0 Å². The summed E-state index contributed by atoms with van der Waals surface area (Å²) in [6, 6.07) is 0. The largest absolute Gasteiger partial charge is 0.476 e. The van der Waals surface area contributed by atoms with Crippen molar-refractivity contribution in [1.82, 2.24) is 15.0 Å². The summed E-state index contributed by atoms with van der Waals surface area (Å²) in [4.78, 5) is 10.2. The fraction of sp³-hybridized carbons (Fsp3) is 0.500. The van der Waals surface area contributed by atoms with Crippen molar-refractivity contribution in [2.75, 3.05) is 0 Å². The average molecular weight is 191 g/mol. The highest BCUT2D eigenvalue weighted by Gasteiger charge is 2.44. The molecule has 13 heavy (non-hydrogen) atoms. The zero-order valence-corrected chi connectivity index (χ0v) is 6.74. The van der Waals surface area contributed by atoms with Crippen LogP contribution in [0.2, 0.25) is 0 Å². The monoisotopic (exact) mass is 191 g/mol. The molecule has 1 rings (SSSR count). The van der Waals surface area contributed by atoms with Crippen LogP contribution in [0, 0.1) is 0 Å². The summed E-state index contributed by atoms with van der Waals surface area (Å²) in [5, 5.41) is 14.7. The highest BCUT2D eigenvalue weighted by Crippen LogP contribution is 2.26. The van der Waals surface area contributed by atoms with Crippen molar-refractivity contribution in [1.29, 1.82) is 0 Å². The molecule has 0 aliphatic heterocycles. The SMILES string of the molecule is CCn1nncc1C(F)(F)C(=O)O. The summed E-state index contributed by atoms with van der Waals surface area (Å²) in [6.45, 7) is 1.72. The number of carbonyl (C=O) groups is 1. The Morgan fingerprint density at radius 3 is 2.85 bits per heavy atom. The summed E-state index contributed by atoms with van der Waals surface area (Å²) >= 11 is 0. The molecule has 0 saturated heterocycles. The molecule has 0 bridgehead atoms. The van der Waals surface area contributed by atoms with Gasteiger partial charge in [-0.25, -0.2) is 9.48 Å². The van der Waals surface area contributed by atoms with E-state index in [1.807, 2.05) is 0 Å². The van der Waals surface area contributed by atoms with E-state index in [1.54, 1.807) is 6.92 Å². The molecule has 1 N–H and O–H groups in total. The Morgan fingerprint density at radius 2 is 2.38 bits per heavy atom. The minimum Gasteiger partial charge on any atom is -0.476 e. The number of hydrogen-bond acceptors (Lipinski definition) is 3. The van der Waals surface area contributed by atoms with Crippen LogP contribution >= 0.6 is 0 Å². The van der Waals surface area contributed by atoms with E-state index in [0.29, 0.717) is 0 Å². The van der Waals surface area contributed by atoms with Crippen LogP contribution < -0.4 is 0 Å². The van der Waals surface area contributed by atoms with Crippen LogP contribution in [-0.4, -0.2) is 26.1 Å². The van der Waals surface area contributed by atoms with E-state index in [0.717, 1.165) is 10.9 Å². The van der Waals surface area contributed by atoms with E-state index in [-0.39, 0.29) is 6.54 Å². The smallest absolute Gasteiger partial charge is 0.385 e. The first-order valence-electron chi connectivity index (χ1n) is 3.50. The van der Waals surface area contributed by atoms with Crippen molar-refractivity contribution in [3.05, 3.63) is 11.9 Å². The van der Waals surface area contributed by atoms with E-state index in [1.165, 1.54) is 0 Å². The lowest BCUT2D eigenvalue weighted by Gasteiger charge is -2.10. The summed E-state index contributed by atoms with van der Waals surface area (Å²) in [5.74, 6) is -6.14. The third kappa shape index (κ3) is 1.49. The van der Waals surface area contributed by atoms with E-state index >= 15 is 0 Å². The fourth-order valence-corrected chi connectivity index (χ4v) is 0.844. The summed E-state index contributed by atoms with van der Waals surface area (Å²) < 4.78 is 26.6. The number of alkyl halides is 2. The predicted molar refractivity (Wildman–Crippen MR) is 37.2 cm³/mol. The Hall–Kier alpha value is -1.53. The van der Waals surface area contributed by atoms with Crippen molar-refractivity contribution in [2.24, 2.45) is 0 Å². The van der Waals surface area contributed by atoms with Crippen molar-refractivity contribution >= 4 is 5.97 Å². The number of aromatic nitrogens is 3. The van der Waals surface area contributed by atoms with Gasteiger partial charge in [0, 0.05) is 6.54 Å². The molecule has 0 atom stereocenters. The maximum atomic E-state index is 12.9. The van der Waals surface area contributed by atoms with E-state index in [9.17, 15) is 13.6 Å². The molecule has 1 heterocycles. The average Bonchev–Trinajstić information content (AvgIpc) is 2.51. The number of halogens is 2. The van der Waals surface area contributed by atoms with Crippen LogP contribution in [0.5, 0.6) is 0 Å². The van der Waals surface area contributed by atoms with Gasteiger partial charge in [-0.05, 0) is 6.92 Å². The topological polar surface area (TPSA) is 68.0 Å². The van der Waals surface area contributed by atoms with Crippen LogP contribution in [0.4, 0.5) is 8.78 Å². The quantitative estimate of drug-likeness (QED) is 0.754. The Balaban J connectivity index is 3.13. The summed E-state index contributed by atoms with van der Waals surface area (Å²) in [6.07, 6.45) is 0.748. The lowest BCUT2D eigenvalue weighted by atomic mass is 10.2. The molecule has 0 radical (unpaired) electrons. The zero-order chi connectivity index (χ0) is 10.1. The number of hydrogen-bond donors (Lipinski definition) is 1. The lowest BCUT2D eigenvalue weighted by molar-refractivity contribution is -0.167. The Labute approximate surface area is 72.0 Å². The first kappa shape index (κ1) is 9.56. The highest BCUT2D eigenvalue weighted by atomic mass is 19.3. The standard InChI is InChI=1S/C6H7F2N3O2/c1-2-11-4(3-9-10-11)6(7,8)5(12)13/h3H,2H2,1H3,(H,12,13). The van der Waals surface area contributed by atoms with Gasteiger partial charge in [-0.2, -0.15) is 8.78 Å². The molecule has 7 heteroatoms. The number of aliphatic carboxylic acids is 1. The number of carboxylic acid groups (broad SMARTS) is 1. The molecule has 0 aliphatic rings. The second-order valence-electron chi connectivity index (χ2n) is 2.31. The van der Waals surface area contributed by atoms with Gasteiger partial charge in [-0.3, -0.25) is 0 Å². The molecule has 0 aliphatic carbocycles. The molecule has 1 aromatic rings. The molecule has 5 nitrogen and oxygen atoms in total. The zero-order valence-electron chi connectivity index (χ0n) is 6.74. The number of nitrogens with zero attached hydrogens (tertiary/aromatic N) is 3. The van der Waals surface area contributed by atoms with E-state index in [2.05, 4.69) is 10.3 Å². The van der Waals surface area contributed by atoms with Crippen molar-refractivity contribution in [3.63, 3.8) is 0 Å². The molecule has 0 saturated carbocycles. The molecule has 0 spiro atoms. The van der Waals surface area contributed by atoms with Gasteiger partial charge in [-0.1, -0.05) is 5.21 Å². The first-order valence-corrected chi connectivity index (χ1v) is 3.50. The second-order valence-corrected chi connectivity index (χ2v) is 2.31. The number of aryl methyl sites for hydroxylation is 1. The van der Waals surface area contributed by atoms with Crippen molar-refractivity contribution < 1.29 is 18.7 Å². The predicted octanol–water partition coefficient (Wildman–Crippen LogP) is 0.474. The fourth-order valence-electron chi connectivity index (χ4n) is 0.844. The van der Waals surface area contributed by atoms with Crippen LogP contribution in [0.3, 0.4) is 0 Å². The molecule has 1 aromatic heterocycles. The van der Waals surface area contributed by atoms with Crippen molar-refractivity contribution in [2.45, 2.75) is 19.4 Å². The Kier molecular flexibility index (Phi) is 2.26. The van der Waals surface area contributed by atoms with Crippen LogP contribution in [0.15, 0.2) is 6.20 Å².